The van der Waals surface area contributed by atoms with E-state index in [2.05, 4.69) is 9.97 Å². The molecule has 0 radical (unpaired) electrons. The summed E-state index contributed by atoms with van der Waals surface area (Å²) < 4.78 is 46.1. The number of ether oxygens (including phenoxy) is 1. The predicted octanol–water partition coefficient (Wildman–Crippen LogP) is 2.97. The van der Waals surface area contributed by atoms with Gasteiger partial charge in [0.2, 0.25) is 5.95 Å². The molecule has 0 N–H and O–H groups in total. The summed E-state index contributed by atoms with van der Waals surface area (Å²) in [7, 11) is -3.60. The molecule has 2 aromatic carbocycles. The molecular weight excluding hydrogens is 485 g/mol. The zero-order valence-corrected chi connectivity index (χ0v) is 20.0. The van der Waals surface area contributed by atoms with Gasteiger partial charge in [-0.2, -0.15) is 5.26 Å². The van der Waals surface area contributed by atoms with Crippen LogP contribution in [0, 0.1) is 17.1 Å². The molecule has 3 heterocycles. The summed E-state index contributed by atoms with van der Waals surface area (Å²) in [5.74, 6) is -0.563. The molecule has 0 bridgehead atoms. The van der Waals surface area contributed by atoms with Gasteiger partial charge in [0.1, 0.15) is 5.82 Å². The maximum atomic E-state index is 14.4. The number of morpholine rings is 1. The summed E-state index contributed by atoms with van der Waals surface area (Å²) in [6.07, 6.45) is 5.32. The molecule has 182 valence electrons. The standard InChI is InChI=1S/C25H20FN5O4S/c1-36(33,34)23-15-31(22-11-17(3-4-19(22)23)24(32)30-6-8-35-9-7-30)25-28-13-18(14-29-25)20-10-16(12-27)2-5-21(20)26/h2-5,10-11,13-15H,6-9H2,1H3. The minimum absolute atomic E-state index is 0.0725. The smallest absolute Gasteiger partial charge is 0.254 e. The Hall–Kier alpha value is -4.14. The fourth-order valence-electron chi connectivity index (χ4n) is 4.14. The first-order valence-corrected chi connectivity index (χ1v) is 12.9. The van der Waals surface area contributed by atoms with E-state index in [4.69, 9.17) is 10.00 Å². The van der Waals surface area contributed by atoms with Gasteiger partial charge in [0.25, 0.3) is 5.91 Å². The highest BCUT2D eigenvalue weighted by Crippen LogP contribution is 2.29. The highest BCUT2D eigenvalue weighted by atomic mass is 32.2. The topological polar surface area (TPSA) is 118 Å². The number of hydrogen-bond acceptors (Lipinski definition) is 7. The number of sulfone groups is 1. The maximum absolute atomic E-state index is 14.4. The third kappa shape index (κ3) is 4.32. The van der Waals surface area contributed by atoms with Crippen molar-refractivity contribution in [3.05, 3.63) is 71.9 Å². The van der Waals surface area contributed by atoms with Gasteiger partial charge in [0, 0.05) is 60.0 Å². The Labute approximate surface area is 206 Å². The summed E-state index contributed by atoms with van der Waals surface area (Å²) in [6, 6.07) is 10.8. The Morgan fingerprint density at radius 3 is 2.50 bits per heavy atom. The Bertz CT molecular complexity index is 1640. The number of halogens is 1. The van der Waals surface area contributed by atoms with Crippen molar-refractivity contribution >= 4 is 26.6 Å². The van der Waals surface area contributed by atoms with Crippen molar-refractivity contribution in [2.45, 2.75) is 4.90 Å². The van der Waals surface area contributed by atoms with E-state index >= 15 is 0 Å². The monoisotopic (exact) mass is 505 g/mol. The molecule has 1 aliphatic rings. The van der Waals surface area contributed by atoms with E-state index in [-0.39, 0.29) is 22.3 Å². The third-order valence-electron chi connectivity index (χ3n) is 5.97. The first kappa shape index (κ1) is 23.6. The van der Waals surface area contributed by atoms with Gasteiger partial charge in [-0.05, 0) is 30.3 Å². The van der Waals surface area contributed by atoms with Crippen LogP contribution < -0.4 is 0 Å². The van der Waals surface area contributed by atoms with E-state index in [1.54, 1.807) is 23.1 Å². The molecule has 0 unspecified atom stereocenters. The number of benzene rings is 2. The molecule has 1 aliphatic heterocycles. The fourth-order valence-corrected chi connectivity index (χ4v) is 5.01. The van der Waals surface area contributed by atoms with Gasteiger partial charge in [-0.1, -0.05) is 6.07 Å². The van der Waals surface area contributed by atoms with E-state index in [9.17, 15) is 17.6 Å². The van der Waals surface area contributed by atoms with Crippen LogP contribution in [0.2, 0.25) is 0 Å². The third-order valence-corrected chi connectivity index (χ3v) is 7.10. The molecule has 0 spiro atoms. The largest absolute Gasteiger partial charge is 0.378 e. The van der Waals surface area contributed by atoms with Crippen molar-refractivity contribution in [3.63, 3.8) is 0 Å². The fraction of sp³-hybridized carbons (Fsp3) is 0.200. The molecule has 9 nitrogen and oxygen atoms in total. The van der Waals surface area contributed by atoms with Crippen LogP contribution in [-0.4, -0.2) is 66.3 Å². The number of carbonyl (C=O) groups is 1. The van der Waals surface area contributed by atoms with Crippen molar-refractivity contribution in [3.8, 4) is 23.1 Å². The number of aromatic nitrogens is 3. The molecule has 0 saturated carbocycles. The normalized spacial score (nSPS) is 14.1. The SMILES string of the molecule is CS(=O)(=O)c1cn(-c2ncc(-c3cc(C#N)ccc3F)cn2)c2cc(C(=O)N3CCOCC3)ccc12. The van der Waals surface area contributed by atoms with E-state index in [1.165, 1.54) is 41.4 Å². The first-order valence-electron chi connectivity index (χ1n) is 11.0. The summed E-state index contributed by atoms with van der Waals surface area (Å²) in [5.41, 5.74) is 1.67. The van der Waals surface area contributed by atoms with Gasteiger partial charge in [0.15, 0.2) is 9.84 Å². The number of hydrogen-bond donors (Lipinski definition) is 0. The van der Waals surface area contributed by atoms with Crippen molar-refractivity contribution in [1.29, 1.82) is 5.26 Å². The second-order valence-corrected chi connectivity index (χ2v) is 10.3. The Morgan fingerprint density at radius 1 is 1.11 bits per heavy atom. The van der Waals surface area contributed by atoms with Gasteiger partial charge >= 0.3 is 0 Å². The number of rotatable bonds is 4. The van der Waals surface area contributed by atoms with E-state index < -0.39 is 15.7 Å². The quantitative estimate of drug-likeness (QED) is 0.418. The van der Waals surface area contributed by atoms with Crippen molar-refractivity contribution in [2.24, 2.45) is 0 Å². The minimum Gasteiger partial charge on any atom is -0.378 e. The van der Waals surface area contributed by atoms with Gasteiger partial charge in [-0.3, -0.25) is 9.36 Å². The van der Waals surface area contributed by atoms with Crippen molar-refractivity contribution in [2.75, 3.05) is 32.6 Å². The van der Waals surface area contributed by atoms with E-state index in [1.807, 2.05) is 6.07 Å². The van der Waals surface area contributed by atoms with Crippen LogP contribution >= 0.6 is 0 Å². The van der Waals surface area contributed by atoms with Crippen LogP contribution in [0.1, 0.15) is 15.9 Å². The Morgan fingerprint density at radius 2 is 1.83 bits per heavy atom. The summed E-state index contributed by atoms with van der Waals surface area (Å²) in [6.45, 7) is 1.86. The zero-order chi connectivity index (χ0) is 25.4. The zero-order valence-electron chi connectivity index (χ0n) is 19.2. The summed E-state index contributed by atoms with van der Waals surface area (Å²) in [4.78, 5) is 23.4. The molecule has 11 heteroatoms. The first-order chi connectivity index (χ1) is 17.3. The molecule has 36 heavy (non-hydrogen) atoms. The van der Waals surface area contributed by atoms with Gasteiger partial charge < -0.3 is 9.64 Å². The summed E-state index contributed by atoms with van der Waals surface area (Å²) >= 11 is 0. The lowest BCUT2D eigenvalue weighted by Gasteiger charge is -2.26. The molecule has 0 aliphatic carbocycles. The number of fused-ring (bicyclic) bond motifs is 1. The van der Waals surface area contributed by atoms with Crippen molar-refractivity contribution in [1.82, 2.24) is 19.4 Å². The van der Waals surface area contributed by atoms with Crippen LogP contribution in [0.3, 0.4) is 0 Å². The molecule has 2 aromatic heterocycles. The van der Waals surface area contributed by atoms with Gasteiger partial charge in [-0.15, -0.1) is 0 Å². The number of carbonyl (C=O) groups excluding carboxylic acids is 1. The minimum atomic E-state index is -3.60. The number of nitriles is 1. The summed E-state index contributed by atoms with van der Waals surface area (Å²) in [5, 5.41) is 9.54. The molecule has 5 rings (SSSR count). The van der Waals surface area contributed by atoms with E-state index in [0.717, 1.165) is 6.26 Å². The Kier molecular flexibility index (Phi) is 5.99. The molecule has 1 saturated heterocycles. The van der Waals surface area contributed by atoms with Crippen LogP contribution in [0.5, 0.6) is 0 Å². The Balaban J connectivity index is 1.60. The van der Waals surface area contributed by atoms with Crippen LogP contribution in [0.4, 0.5) is 4.39 Å². The predicted molar refractivity (Wildman–Crippen MR) is 129 cm³/mol. The molecule has 4 aromatic rings. The second-order valence-electron chi connectivity index (χ2n) is 8.35. The highest BCUT2D eigenvalue weighted by Gasteiger charge is 2.23. The lowest BCUT2D eigenvalue weighted by atomic mass is 10.1. The highest BCUT2D eigenvalue weighted by molar-refractivity contribution is 7.91. The molecule has 0 atom stereocenters. The molecule has 1 fully saturated rings. The lowest BCUT2D eigenvalue weighted by Crippen LogP contribution is -2.40. The average molecular weight is 506 g/mol. The van der Waals surface area contributed by atoms with Crippen LogP contribution in [0.15, 0.2) is 59.9 Å². The second kappa shape index (κ2) is 9.14. The maximum Gasteiger partial charge on any atom is 0.254 e. The average Bonchev–Trinajstić information content (AvgIpc) is 3.29. The van der Waals surface area contributed by atoms with Gasteiger partial charge in [-0.25, -0.2) is 22.8 Å². The molecular formula is C25H20FN5O4S. The molecule has 1 amide bonds. The van der Waals surface area contributed by atoms with Crippen LogP contribution in [-0.2, 0) is 14.6 Å². The van der Waals surface area contributed by atoms with Gasteiger partial charge in [0.05, 0.1) is 35.3 Å². The number of nitrogens with zero attached hydrogens (tertiary/aromatic N) is 5. The van der Waals surface area contributed by atoms with E-state index in [0.29, 0.717) is 53.9 Å². The van der Waals surface area contributed by atoms with Crippen molar-refractivity contribution < 1.29 is 22.3 Å². The number of amides is 1. The van der Waals surface area contributed by atoms with Crippen LogP contribution in [0.25, 0.3) is 28.0 Å². The lowest BCUT2D eigenvalue weighted by molar-refractivity contribution is 0.0303.